The van der Waals surface area contributed by atoms with Gasteiger partial charge in [0.25, 0.3) is 0 Å². The lowest BCUT2D eigenvalue weighted by molar-refractivity contribution is -0.149. The molecule has 2 saturated heterocycles. The van der Waals surface area contributed by atoms with E-state index in [0.717, 1.165) is 0 Å². The number of amides is 2. The van der Waals surface area contributed by atoms with Gasteiger partial charge in [-0.25, -0.2) is 13.2 Å². The van der Waals surface area contributed by atoms with Crippen LogP contribution in [0.1, 0.15) is 13.8 Å². The number of urea groups is 1. The van der Waals surface area contributed by atoms with Crippen LogP contribution in [0.25, 0.3) is 0 Å². The van der Waals surface area contributed by atoms with E-state index >= 15 is 0 Å². The van der Waals surface area contributed by atoms with E-state index in [1.165, 1.54) is 11.4 Å². The number of sulfonamides is 1. The zero-order chi connectivity index (χ0) is 15.8. The first-order chi connectivity index (χ1) is 9.67. The van der Waals surface area contributed by atoms with Gasteiger partial charge < -0.3 is 15.0 Å². The van der Waals surface area contributed by atoms with Crippen LogP contribution in [0.15, 0.2) is 0 Å². The van der Waals surface area contributed by atoms with Crippen LogP contribution in [0.2, 0.25) is 0 Å². The molecule has 0 saturated carbocycles. The fourth-order valence-electron chi connectivity index (χ4n) is 2.71. The quantitative estimate of drug-likeness (QED) is 0.686. The molecule has 1 N–H and O–H groups in total. The Hall–Kier alpha value is -1.35. The Morgan fingerprint density at radius 3 is 2.71 bits per heavy atom. The topological polar surface area (TPSA) is 96.0 Å². The number of fused-ring (bicyclic) bond motifs is 1. The van der Waals surface area contributed by atoms with Crippen molar-refractivity contribution in [2.75, 3.05) is 39.0 Å². The molecule has 0 spiro atoms. The van der Waals surface area contributed by atoms with E-state index < -0.39 is 21.4 Å². The lowest BCUT2D eigenvalue weighted by Gasteiger charge is -2.36. The zero-order valence-electron chi connectivity index (χ0n) is 12.5. The van der Waals surface area contributed by atoms with Gasteiger partial charge >= 0.3 is 12.0 Å². The Morgan fingerprint density at radius 2 is 2.10 bits per heavy atom. The van der Waals surface area contributed by atoms with Gasteiger partial charge in [0.05, 0.1) is 24.3 Å². The number of carbonyl (C=O) groups is 2. The Morgan fingerprint density at radius 1 is 1.43 bits per heavy atom. The molecule has 2 amide bonds. The fourth-order valence-corrected chi connectivity index (χ4v) is 4.68. The van der Waals surface area contributed by atoms with Crippen molar-refractivity contribution in [1.82, 2.24) is 14.5 Å². The molecule has 2 aliphatic rings. The van der Waals surface area contributed by atoms with Crippen LogP contribution >= 0.6 is 0 Å². The van der Waals surface area contributed by atoms with Crippen LogP contribution in [0.4, 0.5) is 4.79 Å². The van der Waals surface area contributed by atoms with Gasteiger partial charge in [-0.3, -0.25) is 4.79 Å². The first-order valence-electron chi connectivity index (χ1n) is 6.78. The number of rotatable bonds is 4. The zero-order valence-corrected chi connectivity index (χ0v) is 13.3. The van der Waals surface area contributed by atoms with Crippen molar-refractivity contribution in [3.63, 3.8) is 0 Å². The predicted molar refractivity (Wildman–Crippen MR) is 75.0 cm³/mol. The standard InChI is InChI=1S/C12H21N3O5S/c1-12(2,10(16)20-3)8-21(18,19)14-4-5-15-9(7-14)6-13-11(15)17/h9H,4-8H2,1-3H3,(H,13,17). The summed E-state index contributed by atoms with van der Waals surface area (Å²) in [5.74, 6) is -0.858. The van der Waals surface area contributed by atoms with Crippen LogP contribution < -0.4 is 5.32 Å². The largest absolute Gasteiger partial charge is 0.469 e. The van der Waals surface area contributed by atoms with E-state index in [1.54, 1.807) is 18.7 Å². The molecular formula is C12H21N3O5S. The van der Waals surface area contributed by atoms with Gasteiger partial charge in [-0.1, -0.05) is 0 Å². The highest BCUT2D eigenvalue weighted by Gasteiger charge is 2.42. The number of hydrogen-bond acceptors (Lipinski definition) is 5. The Balaban J connectivity index is 2.07. The summed E-state index contributed by atoms with van der Waals surface area (Å²) in [6.45, 7) is 4.43. The number of piperazine rings is 1. The van der Waals surface area contributed by atoms with Crippen molar-refractivity contribution in [2.24, 2.45) is 5.41 Å². The molecule has 0 aromatic rings. The molecule has 0 radical (unpaired) electrons. The van der Waals surface area contributed by atoms with E-state index in [9.17, 15) is 18.0 Å². The Labute approximate surface area is 124 Å². The molecule has 1 atom stereocenters. The number of methoxy groups -OCH3 is 1. The van der Waals surface area contributed by atoms with E-state index in [0.29, 0.717) is 13.1 Å². The second-order valence-corrected chi connectivity index (χ2v) is 7.99. The summed E-state index contributed by atoms with van der Waals surface area (Å²) in [6, 6.07) is -0.283. The fraction of sp³-hybridized carbons (Fsp3) is 0.833. The van der Waals surface area contributed by atoms with Gasteiger partial charge in [-0.2, -0.15) is 4.31 Å². The highest BCUT2D eigenvalue weighted by atomic mass is 32.2. The van der Waals surface area contributed by atoms with Crippen molar-refractivity contribution in [3.05, 3.63) is 0 Å². The van der Waals surface area contributed by atoms with Crippen molar-refractivity contribution < 1.29 is 22.7 Å². The molecule has 0 aliphatic carbocycles. The molecule has 0 aromatic carbocycles. The normalized spacial score (nSPS) is 23.7. The average molecular weight is 319 g/mol. The molecule has 9 heteroatoms. The molecule has 1 unspecified atom stereocenters. The number of hydrogen-bond donors (Lipinski definition) is 1. The maximum Gasteiger partial charge on any atom is 0.317 e. The van der Waals surface area contributed by atoms with Crippen LogP contribution in [0.5, 0.6) is 0 Å². The van der Waals surface area contributed by atoms with Crippen LogP contribution in [0.3, 0.4) is 0 Å². The third kappa shape index (κ3) is 3.13. The van der Waals surface area contributed by atoms with Crippen LogP contribution in [-0.2, 0) is 19.6 Å². The number of ether oxygens (including phenoxy) is 1. The summed E-state index contributed by atoms with van der Waals surface area (Å²) in [4.78, 5) is 24.8. The summed E-state index contributed by atoms with van der Waals surface area (Å²) in [5.41, 5.74) is -1.10. The molecular weight excluding hydrogens is 298 g/mol. The maximum absolute atomic E-state index is 12.5. The molecule has 2 fully saturated rings. The molecule has 0 aromatic heterocycles. The van der Waals surface area contributed by atoms with Gasteiger partial charge in [0.1, 0.15) is 0 Å². The maximum atomic E-state index is 12.5. The molecule has 2 heterocycles. The minimum absolute atomic E-state index is 0.137. The number of esters is 1. The van der Waals surface area contributed by atoms with Crippen molar-refractivity contribution in [1.29, 1.82) is 0 Å². The second-order valence-electron chi connectivity index (χ2n) is 6.02. The van der Waals surface area contributed by atoms with Crippen molar-refractivity contribution in [2.45, 2.75) is 19.9 Å². The average Bonchev–Trinajstić information content (AvgIpc) is 2.78. The SMILES string of the molecule is COC(=O)C(C)(C)CS(=O)(=O)N1CCN2C(=O)NCC2C1. The molecule has 0 bridgehead atoms. The smallest absolute Gasteiger partial charge is 0.317 e. The van der Waals surface area contributed by atoms with Gasteiger partial charge in [0, 0.05) is 26.2 Å². The first-order valence-corrected chi connectivity index (χ1v) is 8.39. The minimum atomic E-state index is -3.59. The summed E-state index contributed by atoms with van der Waals surface area (Å²) in [5, 5.41) is 2.70. The van der Waals surface area contributed by atoms with E-state index in [-0.39, 0.29) is 30.9 Å². The van der Waals surface area contributed by atoms with Crippen LogP contribution in [-0.4, -0.2) is 74.7 Å². The highest BCUT2D eigenvalue weighted by Crippen LogP contribution is 2.24. The van der Waals surface area contributed by atoms with Gasteiger partial charge in [-0.15, -0.1) is 0 Å². The third-order valence-electron chi connectivity index (χ3n) is 3.87. The highest BCUT2D eigenvalue weighted by molar-refractivity contribution is 7.89. The summed E-state index contributed by atoms with van der Waals surface area (Å²) in [6.07, 6.45) is 0. The second kappa shape index (κ2) is 5.45. The molecule has 120 valence electrons. The predicted octanol–water partition coefficient (Wildman–Crippen LogP) is -0.775. The Bertz CT molecular complexity index is 545. The molecule has 2 aliphatic heterocycles. The first kappa shape index (κ1) is 16.0. The third-order valence-corrected chi connectivity index (χ3v) is 6.07. The lowest BCUT2D eigenvalue weighted by Crippen LogP contribution is -2.55. The number of nitrogens with one attached hydrogen (secondary N) is 1. The summed E-state index contributed by atoms with van der Waals surface area (Å²) >= 11 is 0. The van der Waals surface area contributed by atoms with Crippen LogP contribution in [0, 0.1) is 5.41 Å². The Kier molecular flexibility index (Phi) is 4.16. The molecule has 2 rings (SSSR count). The monoisotopic (exact) mass is 319 g/mol. The van der Waals surface area contributed by atoms with E-state index in [2.05, 4.69) is 10.1 Å². The van der Waals surface area contributed by atoms with Gasteiger partial charge in [0.2, 0.25) is 10.0 Å². The number of carbonyl (C=O) groups excluding carboxylic acids is 2. The minimum Gasteiger partial charge on any atom is -0.469 e. The van der Waals surface area contributed by atoms with E-state index in [4.69, 9.17) is 0 Å². The lowest BCUT2D eigenvalue weighted by atomic mass is 9.97. The van der Waals surface area contributed by atoms with E-state index in [1.807, 2.05) is 0 Å². The van der Waals surface area contributed by atoms with Gasteiger partial charge in [0.15, 0.2) is 0 Å². The summed E-state index contributed by atoms with van der Waals surface area (Å²) in [7, 11) is -2.34. The summed E-state index contributed by atoms with van der Waals surface area (Å²) < 4.78 is 31.0. The van der Waals surface area contributed by atoms with Crippen molar-refractivity contribution >= 4 is 22.0 Å². The molecule has 21 heavy (non-hydrogen) atoms. The van der Waals surface area contributed by atoms with Crippen molar-refractivity contribution in [3.8, 4) is 0 Å². The number of nitrogens with zero attached hydrogens (tertiary/aromatic N) is 2. The van der Waals surface area contributed by atoms with Gasteiger partial charge in [-0.05, 0) is 13.8 Å². The molecule has 8 nitrogen and oxygen atoms in total.